The highest BCUT2D eigenvalue weighted by molar-refractivity contribution is 7.79. The molecule has 0 amide bonds. The first-order valence-electron chi connectivity index (χ1n) is 5.69. The first kappa shape index (κ1) is 12.7. The number of alkyl halides is 1. The van der Waals surface area contributed by atoms with Crippen LogP contribution in [0.1, 0.15) is 23.6 Å². The zero-order valence-corrected chi connectivity index (χ0v) is 10.3. The van der Waals surface area contributed by atoms with E-state index in [2.05, 4.69) is 17.4 Å². The fourth-order valence-electron chi connectivity index (χ4n) is 2.25. The molecule has 0 saturated carbocycles. The van der Waals surface area contributed by atoms with Gasteiger partial charge in [-0.15, -0.1) is 0 Å². The van der Waals surface area contributed by atoms with E-state index >= 15 is 0 Å². The third kappa shape index (κ3) is 3.34. The van der Waals surface area contributed by atoms with Crippen molar-refractivity contribution in [2.24, 2.45) is 0 Å². The first-order valence-corrected chi connectivity index (χ1v) is 6.97. The molecule has 2 rings (SSSR count). The Hall–Kier alpha value is -0.780. The van der Waals surface area contributed by atoms with Crippen LogP contribution in [0.15, 0.2) is 24.3 Å². The highest BCUT2D eigenvalue weighted by Gasteiger charge is 2.22. The van der Waals surface area contributed by atoms with Crippen LogP contribution in [0, 0.1) is 0 Å². The maximum Gasteiger partial charge on any atom is 0.155 e. The summed E-state index contributed by atoms with van der Waals surface area (Å²) in [6.45, 7) is 0.130. The lowest BCUT2D eigenvalue weighted by Crippen LogP contribution is -2.30. The number of nitrogens with one attached hydrogen (secondary N) is 1. The average molecular weight is 257 g/mol. The van der Waals surface area contributed by atoms with E-state index in [1.165, 1.54) is 11.1 Å². The second-order valence-electron chi connectivity index (χ2n) is 4.28. The summed E-state index contributed by atoms with van der Waals surface area (Å²) < 4.78 is 32.3. The highest BCUT2D eigenvalue weighted by Crippen LogP contribution is 2.30. The van der Waals surface area contributed by atoms with Gasteiger partial charge in [-0.2, -0.15) is 0 Å². The van der Waals surface area contributed by atoms with Crippen molar-refractivity contribution >= 4 is 11.1 Å². The molecule has 0 heterocycles. The molecule has 5 heteroatoms. The summed E-state index contributed by atoms with van der Waals surface area (Å²) in [7, 11) is 0. The van der Waals surface area contributed by atoms with Gasteiger partial charge in [-0.05, 0) is 24.0 Å². The average Bonchev–Trinajstić information content (AvgIpc) is 2.69. The van der Waals surface area contributed by atoms with Crippen LogP contribution in [0.3, 0.4) is 0 Å². The fraction of sp³-hybridized carbons (Fsp3) is 0.500. The molecular formula is C12H16FNO2S. The number of hydrogen-bond donors (Lipinski definition) is 2. The van der Waals surface area contributed by atoms with Crippen molar-refractivity contribution in [2.75, 3.05) is 12.3 Å². The quantitative estimate of drug-likeness (QED) is 0.791. The summed E-state index contributed by atoms with van der Waals surface area (Å²) in [4.78, 5) is 0. The molecule has 1 aliphatic rings. The topological polar surface area (TPSA) is 49.3 Å². The Balaban J connectivity index is 1.87. The van der Waals surface area contributed by atoms with E-state index in [4.69, 9.17) is 4.55 Å². The van der Waals surface area contributed by atoms with Crippen molar-refractivity contribution in [2.45, 2.75) is 25.1 Å². The zero-order valence-electron chi connectivity index (χ0n) is 9.43. The lowest BCUT2D eigenvalue weighted by Gasteiger charge is -2.15. The number of aryl methyl sites for hydroxylation is 1. The summed E-state index contributed by atoms with van der Waals surface area (Å²) in [6, 6.07) is 8.31. The summed E-state index contributed by atoms with van der Waals surface area (Å²) in [6.07, 6.45) is 0.707. The Kier molecular flexibility index (Phi) is 4.25. The molecule has 17 heavy (non-hydrogen) atoms. The highest BCUT2D eigenvalue weighted by atomic mass is 32.2. The summed E-state index contributed by atoms with van der Waals surface area (Å²) in [5.41, 5.74) is 2.54. The van der Waals surface area contributed by atoms with E-state index in [9.17, 15) is 8.60 Å². The van der Waals surface area contributed by atoms with Crippen LogP contribution in [-0.2, 0) is 17.5 Å². The van der Waals surface area contributed by atoms with Gasteiger partial charge in [0.2, 0.25) is 0 Å². The van der Waals surface area contributed by atoms with E-state index in [0.29, 0.717) is 0 Å². The van der Waals surface area contributed by atoms with Gasteiger partial charge in [-0.1, -0.05) is 24.3 Å². The Morgan fingerprint density at radius 3 is 3.06 bits per heavy atom. The number of rotatable bonds is 5. The van der Waals surface area contributed by atoms with Gasteiger partial charge in [-0.25, -0.2) is 8.60 Å². The maximum absolute atomic E-state index is 13.3. The van der Waals surface area contributed by atoms with Crippen molar-refractivity contribution in [3.8, 4) is 0 Å². The zero-order chi connectivity index (χ0) is 12.3. The maximum atomic E-state index is 13.3. The van der Waals surface area contributed by atoms with Crippen molar-refractivity contribution in [1.82, 2.24) is 5.32 Å². The smallest absolute Gasteiger partial charge is 0.155 e. The molecule has 0 aromatic heterocycles. The predicted octanol–water partition coefficient (Wildman–Crippen LogP) is 1.82. The molecule has 1 aliphatic carbocycles. The minimum Gasteiger partial charge on any atom is -0.307 e. The molecule has 0 bridgehead atoms. The predicted molar refractivity (Wildman–Crippen MR) is 66.0 cm³/mol. The molecule has 2 N–H and O–H groups in total. The second-order valence-corrected chi connectivity index (χ2v) is 5.26. The van der Waals surface area contributed by atoms with Gasteiger partial charge in [-0.3, -0.25) is 0 Å². The van der Waals surface area contributed by atoms with Crippen LogP contribution >= 0.6 is 0 Å². The van der Waals surface area contributed by atoms with E-state index in [-0.39, 0.29) is 18.3 Å². The minimum atomic E-state index is -2.06. The number of halogens is 1. The molecule has 0 aliphatic heterocycles. The Bertz CT molecular complexity index is 413. The van der Waals surface area contributed by atoms with Crippen molar-refractivity contribution in [1.29, 1.82) is 0 Å². The molecular weight excluding hydrogens is 241 g/mol. The van der Waals surface area contributed by atoms with Crippen LogP contribution in [-0.4, -0.2) is 27.2 Å². The van der Waals surface area contributed by atoms with E-state index in [1.54, 1.807) is 0 Å². The standard InChI is InChI=1S/C12H16FNO2S/c13-10(8-17(15)16)7-14-12-6-5-9-3-1-2-4-11(9)12/h1-4,10,12,14H,5-8H2,(H,15,16)/t10-,12-/m0/s1. The fourth-order valence-corrected chi connectivity index (χ4v) is 2.68. The monoisotopic (exact) mass is 257 g/mol. The van der Waals surface area contributed by atoms with Gasteiger partial charge >= 0.3 is 0 Å². The third-order valence-electron chi connectivity index (χ3n) is 3.04. The molecule has 1 aromatic rings. The SMILES string of the molecule is O=S(O)C[C@@H](F)CN[C@H]1CCc2ccccc21. The number of hydrogen-bond acceptors (Lipinski definition) is 2. The first-order chi connectivity index (χ1) is 8.16. The molecule has 0 spiro atoms. The van der Waals surface area contributed by atoms with Crippen molar-refractivity contribution < 1.29 is 13.2 Å². The van der Waals surface area contributed by atoms with Gasteiger partial charge in [0, 0.05) is 12.6 Å². The second kappa shape index (κ2) is 5.71. The largest absolute Gasteiger partial charge is 0.307 e. The van der Waals surface area contributed by atoms with Crippen molar-refractivity contribution in [3.63, 3.8) is 0 Å². The van der Waals surface area contributed by atoms with E-state index < -0.39 is 17.3 Å². The van der Waals surface area contributed by atoms with E-state index in [0.717, 1.165) is 12.8 Å². The molecule has 3 nitrogen and oxygen atoms in total. The summed E-state index contributed by atoms with van der Waals surface area (Å²) in [5.74, 6) is -0.318. The van der Waals surface area contributed by atoms with Gasteiger partial charge in [0.05, 0.1) is 5.75 Å². The van der Waals surface area contributed by atoms with Crippen molar-refractivity contribution in [3.05, 3.63) is 35.4 Å². The van der Waals surface area contributed by atoms with Crippen LogP contribution in [0.4, 0.5) is 4.39 Å². The third-order valence-corrected chi connectivity index (χ3v) is 3.69. The lowest BCUT2D eigenvalue weighted by molar-refractivity contribution is 0.329. The van der Waals surface area contributed by atoms with Gasteiger partial charge in [0.15, 0.2) is 11.1 Å². The summed E-state index contributed by atoms with van der Waals surface area (Å²) in [5, 5.41) is 3.12. The molecule has 3 atom stereocenters. The molecule has 0 saturated heterocycles. The normalized spacial score (nSPS) is 22.1. The number of benzene rings is 1. The Labute approximate surface area is 103 Å². The van der Waals surface area contributed by atoms with Gasteiger partial charge < -0.3 is 9.87 Å². The van der Waals surface area contributed by atoms with E-state index in [1.807, 2.05) is 12.1 Å². The molecule has 1 unspecified atom stereocenters. The molecule has 94 valence electrons. The Morgan fingerprint density at radius 1 is 1.53 bits per heavy atom. The summed E-state index contributed by atoms with van der Waals surface area (Å²) >= 11 is -2.06. The van der Waals surface area contributed by atoms with Crippen LogP contribution in [0.2, 0.25) is 0 Å². The van der Waals surface area contributed by atoms with Gasteiger partial charge in [0.1, 0.15) is 6.17 Å². The minimum absolute atomic E-state index is 0.130. The molecule has 0 fully saturated rings. The molecule has 0 radical (unpaired) electrons. The molecule has 1 aromatic carbocycles. The van der Waals surface area contributed by atoms with Gasteiger partial charge in [0.25, 0.3) is 0 Å². The van der Waals surface area contributed by atoms with Crippen LogP contribution in [0.5, 0.6) is 0 Å². The number of fused-ring (bicyclic) bond motifs is 1. The van der Waals surface area contributed by atoms with Crippen LogP contribution < -0.4 is 5.32 Å². The Morgan fingerprint density at radius 2 is 2.29 bits per heavy atom. The van der Waals surface area contributed by atoms with Crippen LogP contribution in [0.25, 0.3) is 0 Å². The lowest BCUT2D eigenvalue weighted by atomic mass is 10.1.